The van der Waals surface area contributed by atoms with Crippen molar-refractivity contribution >= 4 is 29.5 Å². The van der Waals surface area contributed by atoms with E-state index in [0.717, 1.165) is 71.7 Å². The van der Waals surface area contributed by atoms with Crippen molar-refractivity contribution in [1.82, 2.24) is 15.0 Å². The molecular formula is C31H34N4O4S. The molecule has 2 unspecified atom stereocenters. The van der Waals surface area contributed by atoms with Crippen molar-refractivity contribution in [3.05, 3.63) is 87.3 Å². The summed E-state index contributed by atoms with van der Waals surface area (Å²) < 4.78 is 10.7. The van der Waals surface area contributed by atoms with E-state index in [1.54, 1.807) is 19.2 Å². The molecule has 2 aliphatic rings. The molecule has 0 spiro atoms. The van der Waals surface area contributed by atoms with Gasteiger partial charge in [0.2, 0.25) is 0 Å². The maximum atomic E-state index is 13.7. The molecule has 1 saturated carbocycles. The maximum absolute atomic E-state index is 13.7. The average Bonchev–Trinajstić information content (AvgIpc) is 3.37. The molecule has 9 heteroatoms. The predicted octanol–water partition coefficient (Wildman–Crippen LogP) is 5.65. The topological polar surface area (TPSA) is 96.9 Å². The molecule has 40 heavy (non-hydrogen) atoms. The summed E-state index contributed by atoms with van der Waals surface area (Å²) in [7, 11) is 3.30. The number of amides is 1. The van der Waals surface area contributed by atoms with Gasteiger partial charge in [-0.25, -0.2) is 9.99 Å². The zero-order chi connectivity index (χ0) is 28.1. The number of allylic oxidation sites excluding steroid dienone is 1. The number of aryl methyl sites for hydroxylation is 1. The van der Waals surface area contributed by atoms with Crippen molar-refractivity contribution in [3.8, 4) is 11.5 Å². The highest BCUT2D eigenvalue weighted by atomic mass is 32.2. The molecule has 1 aliphatic carbocycles. The first-order valence-electron chi connectivity index (χ1n) is 13.6. The van der Waals surface area contributed by atoms with Crippen LogP contribution in [-0.2, 0) is 11.2 Å². The molecule has 2 heterocycles. The third kappa shape index (κ3) is 6.14. The number of aromatic nitrogens is 2. The molecular weight excluding hydrogens is 524 g/mol. The normalized spacial score (nSPS) is 19.3. The SMILES string of the molecule is CCCc1cc(=O)[nH]c(SCC(=O)N2N=C3/C(=C\c4ccc(OC)cc4)CCCC3C2c2ccc(OC)cc2)n1. The van der Waals surface area contributed by atoms with Crippen LogP contribution in [0.1, 0.15) is 55.5 Å². The number of thioether (sulfide) groups is 1. The molecule has 1 aromatic heterocycles. The van der Waals surface area contributed by atoms with Gasteiger partial charge >= 0.3 is 0 Å². The number of carbonyl (C=O) groups is 1. The van der Waals surface area contributed by atoms with Crippen LogP contribution in [0.5, 0.6) is 11.5 Å². The van der Waals surface area contributed by atoms with Gasteiger partial charge in [0.05, 0.1) is 31.7 Å². The Kier molecular flexibility index (Phi) is 8.69. The van der Waals surface area contributed by atoms with E-state index in [0.29, 0.717) is 5.16 Å². The van der Waals surface area contributed by atoms with E-state index >= 15 is 0 Å². The minimum atomic E-state index is -0.216. The predicted molar refractivity (Wildman–Crippen MR) is 158 cm³/mol. The Morgan fingerprint density at radius 2 is 1.80 bits per heavy atom. The summed E-state index contributed by atoms with van der Waals surface area (Å²) in [5, 5.41) is 7.07. The number of H-pyrrole nitrogens is 1. The molecule has 208 valence electrons. The molecule has 1 N–H and O–H groups in total. The van der Waals surface area contributed by atoms with Crippen molar-refractivity contribution in [2.24, 2.45) is 11.0 Å². The zero-order valence-corrected chi connectivity index (χ0v) is 23.9. The Labute approximate surface area is 238 Å². The number of benzene rings is 2. The van der Waals surface area contributed by atoms with Crippen molar-refractivity contribution in [2.45, 2.75) is 50.2 Å². The van der Waals surface area contributed by atoms with Crippen LogP contribution in [0.25, 0.3) is 6.08 Å². The summed E-state index contributed by atoms with van der Waals surface area (Å²) in [6.45, 7) is 2.04. The Morgan fingerprint density at radius 1 is 1.10 bits per heavy atom. The molecule has 1 fully saturated rings. The van der Waals surface area contributed by atoms with Gasteiger partial charge in [0.15, 0.2) is 5.16 Å². The van der Waals surface area contributed by atoms with Crippen molar-refractivity contribution in [1.29, 1.82) is 0 Å². The van der Waals surface area contributed by atoms with Crippen molar-refractivity contribution in [2.75, 3.05) is 20.0 Å². The number of nitrogens with zero attached hydrogens (tertiary/aromatic N) is 3. The lowest BCUT2D eigenvalue weighted by Crippen LogP contribution is -2.33. The number of nitrogens with one attached hydrogen (secondary N) is 1. The molecule has 0 bridgehead atoms. The Hall–Kier alpha value is -3.85. The van der Waals surface area contributed by atoms with E-state index < -0.39 is 0 Å². The lowest BCUT2D eigenvalue weighted by atomic mass is 9.77. The first-order valence-corrected chi connectivity index (χ1v) is 14.6. The molecule has 5 rings (SSSR count). The van der Waals surface area contributed by atoms with Gasteiger partial charge in [0, 0.05) is 17.7 Å². The van der Waals surface area contributed by atoms with Gasteiger partial charge in [-0.1, -0.05) is 49.4 Å². The second-order valence-electron chi connectivity index (χ2n) is 9.96. The lowest BCUT2D eigenvalue weighted by Gasteiger charge is -2.29. The summed E-state index contributed by atoms with van der Waals surface area (Å²) in [6, 6.07) is 17.2. The molecule has 2 atom stereocenters. The van der Waals surface area contributed by atoms with E-state index in [9.17, 15) is 9.59 Å². The molecule has 2 aromatic carbocycles. The van der Waals surface area contributed by atoms with Crippen LogP contribution in [-0.4, -0.2) is 46.6 Å². The van der Waals surface area contributed by atoms with Crippen LogP contribution in [0, 0.1) is 5.92 Å². The monoisotopic (exact) mass is 558 g/mol. The van der Waals surface area contributed by atoms with E-state index in [4.69, 9.17) is 14.6 Å². The van der Waals surface area contributed by atoms with E-state index in [-0.39, 0.29) is 29.2 Å². The van der Waals surface area contributed by atoms with Crippen molar-refractivity contribution < 1.29 is 14.3 Å². The standard InChI is InChI=1S/C31H34N4O4S/c1-4-6-23-18-27(36)33-31(32-23)40-19-28(37)35-30(21-11-15-25(39-3)16-12-21)26-8-5-7-22(29(26)34-35)17-20-9-13-24(38-2)14-10-20/h9-18,26,30H,4-8,19H2,1-3H3,(H,32,33,36)/b22-17-. The number of ether oxygens (including phenoxy) is 2. The number of fused-ring (bicyclic) bond motifs is 1. The minimum absolute atomic E-state index is 0.0893. The highest BCUT2D eigenvalue weighted by Crippen LogP contribution is 2.45. The Morgan fingerprint density at radius 3 is 2.48 bits per heavy atom. The fourth-order valence-corrected chi connectivity index (χ4v) is 6.12. The lowest BCUT2D eigenvalue weighted by molar-refractivity contribution is -0.130. The Bertz CT molecular complexity index is 1460. The van der Waals surface area contributed by atoms with Gasteiger partial charge in [-0.05, 0) is 72.7 Å². The number of hydrogen-bond donors (Lipinski definition) is 1. The maximum Gasteiger partial charge on any atom is 0.253 e. The van der Waals surface area contributed by atoms with Gasteiger partial charge in [-0.3, -0.25) is 9.59 Å². The number of aromatic amines is 1. The minimum Gasteiger partial charge on any atom is -0.497 e. The van der Waals surface area contributed by atoms with Crippen LogP contribution in [0.3, 0.4) is 0 Å². The zero-order valence-electron chi connectivity index (χ0n) is 23.1. The fourth-order valence-electron chi connectivity index (χ4n) is 5.38. The second kappa shape index (κ2) is 12.6. The van der Waals surface area contributed by atoms with E-state index in [2.05, 4.69) is 16.0 Å². The quantitative estimate of drug-likeness (QED) is 0.269. The number of hydrazone groups is 1. The van der Waals surface area contributed by atoms with Crippen LogP contribution >= 0.6 is 11.8 Å². The fraction of sp³-hybridized carbons (Fsp3) is 0.355. The molecule has 1 amide bonds. The number of carbonyl (C=O) groups excluding carboxylic acids is 1. The molecule has 0 saturated heterocycles. The summed E-state index contributed by atoms with van der Waals surface area (Å²) in [5.41, 5.74) is 4.75. The summed E-state index contributed by atoms with van der Waals surface area (Å²) in [6.07, 6.45) is 6.65. The highest BCUT2D eigenvalue weighted by Gasteiger charge is 2.43. The van der Waals surface area contributed by atoms with Crippen LogP contribution in [0.15, 0.2) is 75.2 Å². The molecule has 1 aliphatic heterocycles. The average molecular weight is 559 g/mol. The largest absolute Gasteiger partial charge is 0.497 e. The highest BCUT2D eigenvalue weighted by molar-refractivity contribution is 7.99. The second-order valence-corrected chi connectivity index (χ2v) is 10.9. The number of hydrogen-bond acceptors (Lipinski definition) is 7. The van der Waals surface area contributed by atoms with Crippen molar-refractivity contribution in [3.63, 3.8) is 0 Å². The third-order valence-corrected chi connectivity index (χ3v) is 8.14. The first-order chi connectivity index (χ1) is 19.5. The van der Waals surface area contributed by atoms with Crippen LogP contribution < -0.4 is 15.0 Å². The third-order valence-electron chi connectivity index (χ3n) is 7.28. The van der Waals surface area contributed by atoms with Gasteiger partial charge in [-0.2, -0.15) is 5.10 Å². The molecule has 0 radical (unpaired) electrons. The van der Waals surface area contributed by atoms with E-state index in [1.807, 2.05) is 55.5 Å². The van der Waals surface area contributed by atoms with Crippen LogP contribution in [0.2, 0.25) is 0 Å². The van der Waals surface area contributed by atoms with Gasteiger partial charge in [0.25, 0.3) is 11.5 Å². The summed E-state index contributed by atoms with van der Waals surface area (Å²) in [4.78, 5) is 33.1. The summed E-state index contributed by atoms with van der Waals surface area (Å²) >= 11 is 1.24. The number of methoxy groups -OCH3 is 2. The Balaban J connectivity index is 1.44. The smallest absolute Gasteiger partial charge is 0.253 e. The summed E-state index contributed by atoms with van der Waals surface area (Å²) in [5.74, 6) is 1.66. The van der Waals surface area contributed by atoms with Crippen LogP contribution in [0.4, 0.5) is 0 Å². The number of rotatable bonds is 9. The van der Waals surface area contributed by atoms with E-state index in [1.165, 1.54) is 17.8 Å². The first kappa shape index (κ1) is 27.7. The molecule has 8 nitrogen and oxygen atoms in total. The van der Waals surface area contributed by atoms with Gasteiger partial charge < -0.3 is 14.5 Å². The molecule has 3 aromatic rings. The van der Waals surface area contributed by atoms with Gasteiger partial charge in [-0.15, -0.1) is 0 Å². The van der Waals surface area contributed by atoms with Gasteiger partial charge in [0.1, 0.15) is 11.5 Å².